The third kappa shape index (κ3) is 2.52. The molecule has 2 rings (SSSR count). The Balaban J connectivity index is 2.13. The van der Waals surface area contributed by atoms with Crippen molar-refractivity contribution in [3.8, 4) is 0 Å². The highest BCUT2D eigenvalue weighted by atomic mass is 79.9. The van der Waals surface area contributed by atoms with E-state index in [0.717, 1.165) is 9.35 Å². The number of aliphatic hydroxyl groups is 1. The summed E-state index contributed by atoms with van der Waals surface area (Å²) in [6.07, 6.45) is 6.03. The van der Waals surface area contributed by atoms with Gasteiger partial charge in [0.05, 0.1) is 6.10 Å². The molecule has 1 aromatic rings. The van der Waals surface area contributed by atoms with Crippen molar-refractivity contribution in [3.05, 3.63) is 20.8 Å². The smallest absolute Gasteiger partial charge is 0.0923 e. The second-order valence-electron chi connectivity index (χ2n) is 4.69. The molecule has 1 nitrogen and oxygen atoms in total. The van der Waals surface area contributed by atoms with E-state index in [0.29, 0.717) is 11.8 Å². The van der Waals surface area contributed by atoms with Crippen LogP contribution in [0.2, 0.25) is 0 Å². The van der Waals surface area contributed by atoms with Gasteiger partial charge < -0.3 is 5.11 Å². The first-order chi connectivity index (χ1) is 7.74. The molecular formula is C13H19BrOS. The van der Waals surface area contributed by atoms with Gasteiger partial charge in [-0.2, -0.15) is 0 Å². The molecule has 90 valence electrons. The largest absolute Gasteiger partial charge is 0.387 e. The highest BCUT2D eigenvalue weighted by Crippen LogP contribution is 2.43. The van der Waals surface area contributed by atoms with Crippen molar-refractivity contribution in [1.29, 1.82) is 0 Å². The van der Waals surface area contributed by atoms with Crippen molar-refractivity contribution in [3.63, 3.8) is 0 Å². The van der Waals surface area contributed by atoms with E-state index in [-0.39, 0.29) is 6.10 Å². The minimum Gasteiger partial charge on any atom is -0.387 e. The topological polar surface area (TPSA) is 20.2 Å². The molecule has 1 aromatic heterocycles. The molecule has 0 aliphatic heterocycles. The summed E-state index contributed by atoms with van der Waals surface area (Å²) in [5, 5.41) is 12.5. The first-order valence-corrected chi connectivity index (χ1v) is 7.82. The lowest BCUT2D eigenvalue weighted by atomic mass is 9.74. The van der Waals surface area contributed by atoms with Crippen LogP contribution in [-0.4, -0.2) is 5.11 Å². The highest BCUT2D eigenvalue weighted by Gasteiger charge is 2.31. The predicted molar refractivity (Wildman–Crippen MR) is 72.7 cm³/mol. The summed E-state index contributed by atoms with van der Waals surface area (Å²) in [6, 6.07) is 2.03. The molecule has 3 atom stereocenters. The van der Waals surface area contributed by atoms with E-state index >= 15 is 0 Å². The fourth-order valence-corrected chi connectivity index (χ4v) is 4.54. The van der Waals surface area contributed by atoms with Gasteiger partial charge in [0.15, 0.2) is 0 Å². The van der Waals surface area contributed by atoms with Crippen molar-refractivity contribution in [2.45, 2.75) is 45.1 Å². The van der Waals surface area contributed by atoms with Gasteiger partial charge in [0, 0.05) is 9.35 Å². The molecule has 0 spiro atoms. The lowest BCUT2D eigenvalue weighted by Crippen LogP contribution is -2.25. The predicted octanol–water partition coefficient (Wildman–Crippen LogP) is 4.76. The van der Waals surface area contributed by atoms with E-state index in [2.05, 4.69) is 22.9 Å². The molecule has 0 amide bonds. The van der Waals surface area contributed by atoms with E-state index in [1.54, 1.807) is 11.3 Å². The van der Waals surface area contributed by atoms with Gasteiger partial charge in [-0.3, -0.25) is 0 Å². The van der Waals surface area contributed by atoms with Gasteiger partial charge in [0.1, 0.15) is 0 Å². The van der Waals surface area contributed by atoms with Crippen molar-refractivity contribution in [2.24, 2.45) is 11.8 Å². The Morgan fingerprint density at radius 3 is 2.88 bits per heavy atom. The van der Waals surface area contributed by atoms with Crippen LogP contribution in [-0.2, 0) is 0 Å². The van der Waals surface area contributed by atoms with Gasteiger partial charge in [-0.1, -0.05) is 32.6 Å². The number of thiophene rings is 1. The van der Waals surface area contributed by atoms with Crippen LogP contribution < -0.4 is 0 Å². The standard InChI is InChI=1S/C13H19BrOS/c1-2-9-5-3-4-6-10(9)12(15)13-11(14)7-8-16-13/h7-10,12,15H,2-6H2,1H3. The summed E-state index contributed by atoms with van der Waals surface area (Å²) in [6.45, 7) is 2.25. The first-order valence-electron chi connectivity index (χ1n) is 6.15. The summed E-state index contributed by atoms with van der Waals surface area (Å²) >= 11 is 5.19. The zero-order valence-corrected chi connectivity index (χ0v) is 12.1. The third-order valence-corrected chi connectivity index (χ3v) is 5.75. The SMILES string of the molecule is CCC1CCCCC1C(O)c1sccc1Br. The maximum Gasteiger partial charge on any atom is 0.0923 e. The monoisotopic (exact) mass is 302 g/mol. The minimum absolute atomic E-state index is 0.264. The van der Waals surface area contributed by atoms with E-state index < -0.39 is 0 Å². The normalized spacial score (nSPS) is 27.9. The van der Waals surface area contributed by atoms with Crippen LogP contribution in [0.25, 0.3) is 0 Å². The van der Waals surface area contributed by atoms with E-state index in [1.807, 2.05) is 11.4 Å². The number of hydrogen-bond donors (Lipinski definition) is 1. The van der Waals surface area contributed by atoms with Gasteiger partial charge >= 0.3 is 0 Å². The Hall–Kier alpha value is 0.140. The maximum absolute atomic E-state index is 10.5. The molecule has 1 aliphatic carbocycles. The van der Waals surface area contributed by atoms with Crippen molar-refractivity contribution >= 4 is 27.3 Å². The van der Waals surface area contributed by atoms with Crippen LogP contribution in [0.3, 0.4) is 0 Å². The molecule has 1 fully saturated rings. The second kappa shape index (κ2) is 5.65. The fourth-order valence-electron chi connectivity index (χ4n) is 2.87. The molecule has 3 unspecified atom stereocenters. The summed E-state index contributed by atoms with van der Waals surface area (Å²) in [7, 11) is 0. The number of aliphatic hydroxyl groups excluding tert-OH is 1. The van der Waals surface area contributed by atoms with Crippen LogP contribution >= 0.6 is 27.3 Å². The summed E-state index contributed by atoms with van der Waals surface area (Å²) in [4.78, 5) is 1.12. The maximum atomic E-state index is 10.5. The average Bonchev–Trinajstić information content (AvgIpc) is 2.74. The molecule has 0 bridgehead atoms. The van der Waals surface area contributed by atoms with Crippen LogP contribution in [0.1, 0.15) is 50.0 Å². The average molecular weight is 303 g/mol. The van der Waals surface area contributed by atoms with E-state index in [9.17, 15) is 5.11 Å². The van der Waals surface area contributed by atoms with Crippen LogP contribution in [0.15, 0.2) is 15.9 Å². The molecule has 0 radical (unpaired) electrons. The van der Waals surface area contributed by atoms with E-state index in [1.165, 1.54) is 32.1 Å². The summed E-state index contributed by atoms with van der Waals surface area (Å²) in [5.74, 6) is 1.17. The third-order valence-electron chi connectivity index (χ3n) is 3.81. The van der Waals surface area contributed by atoms with Crippen molar-refractivity contribution in [2.75, 3.05) is 0 Å². The second-order valence-corrected chi connectivity index (χ2v) is 6.50. The Morgan fingerprint density at radius 2 is 2.25 bits per heavy atom. The van der Waals surface area contributed by atoms with Gasteiger partial charge in [-0.15, -0.1) is 11.3 Å². The summed E-state index contributed by atoms with van der Waals surface area (Å²) < 4.78 is 1.07. The molecule has 16 heavy (non-hydrogen) atoms. The number of halogens is 1. The lowest BCUT2D eigenvalue weighted by Gasteiger charge is -2.34. The molecule has 1 saturated carbocycles. The molecule has 1 N–H and O–H groups in total. The Labute approximate surface area is 110 Å². The first kappa shape index (κ1) is 12.6. The van der Waals surface area contributed by atoms with Gasteiger partial charge in [-0.05, 0) is 45.6 Å². The zero-order chi connectivity index (χ0) is 11.5. The number of rotatable bonds is 3. The molecule has 3 heteroatoms. The van der Waals surface area contributed by atoms with Gasteiger partial charge in [0.25, 0.3) is 0 Å². The Bertz CT molecular complexity index is 336. The van der Waals surface area contributed by atoms with Crippen LogP contribution in [0.5, 0.6) is 0 Å². The molecular weight excluding hydrogens is 284 g/mol. The minimum atomic E-state index is -0.264. The van der Waals surface area contributed by atoms with Crippen molar-refractivity contribution < 1.29 is 5.11 Å². The van der Waals surface area contributed by atoms with Crippen molar-refractivity contribution in [1.82, 2.24) is 0 Å². The fraction of sp³-hybridized carbons (Fsp3) is 0.692. The van der Waals surface area contributed by atoms with E-state index in [4.69, 9.17) is 0 Å². The highest BCUT2D eigenvalue weighted by molar-refractivity contribution is 9.10. The van der Waals surface area contributed by atoms with Crippen LogP contribution in [0, 0.1) is 11.8 Å². The molecule has 1 aliphatic rings. The zero-order valence-electron chi connectivity index (χ0n) is 9.66. The lowest BCUT2D eigenvalue weighted by molar-refractivity contribution is 0.0473. The van der Waals surface area contributed by atoms with Gasteiger partial charge in [0.2, 0.25) is 0 Å². The summed E-state index contributed by atoms with van der Waals surface area (Å²) in [5.41, 5.74) is 0. The molecule has 0 aromatic carbocycles. The quantitative estimate of drug-likeness (QED) is 0.853. The molecule has 1 heterocycles. The van der Waals surface area contributed by atoms with Gasteiger partial charge in [-0.25, -0.2) is 0 Å². The Morgan fingerprint density at radius 1 is 1.50 bits per heavy atom. The molecule has 0 saturated heterocycles. The Kier molecular flexibility index (Phi) is 4.45. The van der Waals surface area contributed by atoms with Crippen LogP contribution in [0.4, 0.5) is 0 Å². The number of hydrogen-bond acceptors (Lipinski definition) is 2.